The highest BCUT2D eigenvalue weighted by molar-refractivity contribution is 5.30. The van der Waals surface area contributed by atoms with E-state index in [1.54, 1.807) is 0 Å². The third-order valence-corrected chi connectivity index (χ3v) is 3.82. The van der Waals surface area contributed by atoms with Crippen LogP contribution in [0, 0.1) is 6.92 Å². The molecule has 5 heteroatoms. The van der Waals surface area contributed by atoms with Crippen LogP contribution in [-0.2, 0) is 0 Å². The molecule has 0 radical (unpaired) electrons. The predicted octanol–water partition coefficient (Wildman–Crippen LogP) is 1.07. The first kappa shape index (κ1) is 14.2. The molecule has 2 rings (SSSR count). The van der Waals surface area contributed by atoms with E-state index in [2.05, 4.69) is 26.8 Å². The van der Waals surface area contributed by atoms with Crippen LogP contribution in [0.2, 0.25) is 0 Å². The molecule has 0 amide bonds. The maximum Gasteiger partial charge on any atom is 0.225 e. The normalized spacial score (nSPS) is 17.2. The zero-order chi connectivity index (χ0) is 13.7. The van der Waals surface area contributed by atoms with E-state index in [-0.39, 0.29) is 6.61 Å². The lowest BCUT2D eigenvalue weighted by Gasteiger charge is -2.36. The van der Waals surface area contributed by atoms with Crippen LogP contribution in [0.5, 0.6) is 0 Å². The molecule has 1 saturated heterocycles. The Morgan fingerprint density at radius 3 is 2.79 bits per heavy atom. The molecule has 0 spiro atoms. The van der Waals surface area contributed by atoms with Crippen molar-refractivity contribution in [1.29, 1.82) is 0 Å². The van der Waals surface area contributed by atoms with Gasteiger partial charge in [-0.2, -0.15) is 0 Å². The van der Waals surface area contributed by atoms with Crippen LogP contribution < -0.4 is 4.90 Å². The third kappa shape index (κ3) is 3.88. The molecule has 0 saturated carbocycles. The molecule has 0 unspecified atom stereocenters. The van der Waals surface area contributed by atoms with Crippen molar-refractivity contribution in [2.24, 2.45) is 0 Å². The number of aliphatic hydroxyl groups excluding tert-OH is 1. The first-order valence-electron chi connectivity index (χ1n) is 7.06. The molecule has 1 aromatic heterocycles. The smallest absolute Gasteiger partial charge is 0.225 e. The van der Waals surface area contributed by atoms with Gasteiger partial charge in [-0.25, -0.2) is 9.97 Å². The van der Waals surface area contributed by atoms with Gasteiger partial charge in [-0.3, -0.25) is 0 Å². The number of aliphatic hydroxyl groups is 1. The lowest BCUT2D eigenvalue weighted by Crippen LogP contribution is -2.44. The van der Waals surface area contributed by atoms with Crippen molar-refractivity contribution in [2.45, 2.75) is 32.2 Å². The second-order valence-corrected chi connectivity index (χ2v) is 5.27. The summed E-state index contributed by atoms with van der Waals surface area (Å²) in [5.41, 5.74) is 1.02. The Bertz CT molecular complexity index is 391. The number of hydrogen-bond acceptors (Lipinski definition) is 5. The average Bonchev–Trinajstić information content (AvgIpc) is 2.45. The summed E-state index contributed by atoms with van der Waals surface area (Å²) in [6.07, 6.45) is 4.97. The van der Waals surface area contributed by atoms with Crippen LogP contribution in [0.4, 0.5) is 5.95 Å². The third-order valence-electron chi connectivity index (χ3n) is 3.82. The monoisotopic (exact) mass is 264 g/mol. The van der Waals surface area contributed by atoms with Gasteiger partial charge in [-0.15, -0.1) is 0 Å². The zero-order valence-electron chi connectivity index (χ0n) is 11.9. The van der Waals surface area contributed by atoms with Crippen molar-refractivity contribution in [3.8, 4) is 0 Å². The Morgan fingerprint density at radius 2 is 2.16 bits per heavy atom. The molecule has 1 N–H and O–H groups in total. The number of hydrogen-bond donors (Lipinski definition) is 1. The van der Waals surface area contributed by atoms with E-state index in [9.17, 15) is 0 Å². The Labute approximate surface area is 115 Å². The van der Waals surface area contributed by atoms with E-state index in [0.717, 1.165) is 50.5 Å². The fourth-order valence-corrected chi connectivity index (χ4v) is 2.60. The molecule has 19 heavy (non-hydrogen) atoms. The molecular formula is C14H24N4O. The first-order chi connectivity index (χ1) is 9.20. The first-order valence-corrected chi connectivity index (χ1v) is 7.06. The molecule has 1 aliphatic heterocycles. The standard InChI is InChI=1S/C14H24N4O/c1-12-4-7-15-14(16-12)18-9-5-13(6-10-18)17(2)8-3-11-19/h4,7,13,19H,3,5-6,8-11H2,1-2H3. The molecule has 5 nitrogen and oxygen atoms in total. The summed E-state index contributed by atoms with van der Waals surface area (Å²) in [4.78, 5) is 13.5. The largest absolute Gasteiger partial charge is 0.396 e. The lowest BCUT2D eigenvalue weighted by atomic mass is 10.0. The summed E-state index contributed by atoms with van der Waals surface area (Å²) in [5.74, 6) is 0.858. The molecule has 0 aromatic carbocycles. The minimum absolute atomic E-state index is 0.278. The summed E-state index contributed by atoms with van der Waals surface area (Å²) in [6.45, 7) is 5.28. The summed E-state index contributed by atoms with van der Waals surface area (Å²) >= 11 is 0. The Balaban J connectivity index is 1.85. The van der Waals surface area contributed by atoms with Crippen molar-refractivity contribution in [3.05, 3.63) is 18.0 Å². The molecular weight excluding hydrogens is 240 g/mol. The van der Waals surface area contributed by atoms with E-state index in [1.807, 2.05) is 19.2 Å². The summed E-state index contributed by atoms with van der Waals surface area (Å²) in [7, 11) is 2.15. The molecule has 1 aromatic rings. The Hall–Kier alpha value is -1.20. The summed E-state index contributed by atoms with van der Waals surface area (Å²) in [6, 6.07) is 2.55. The van der Waals surface area contributed by atoms with Gasteiger partial charge in [0.25, 0.3) is 0 Å². The van der Waals surface area contributed by atoms with Crippen molar-refractivity contribution >= 4 is 5.95 Å². The highest BCUT2D eigenvalue weighted by atomic mass is 16.3. The van der Waals surface area contributed by atoms with E-state index in [0.29, 0.717) is 6.04 Å². The lowest BCUT2D eigenvalue weighted by molar-refractivity contribution is 0.184. The maximum absolute atomic E-state index is 8.88. The van der Waals surface area contributed by atoms with Crippen molar-refractivity contribution in [1.82, 2.24) is 14.9 Å². The van der Waals surface area contributed by atoms with Crippen LogP contribution in [0.3, 0.4) is 0 Å². The van der Waals surface area contributed by atoms with Gasteiger partial charge in [0.1, 0.15) is 0 Å². The molecule has 0 atom stereocenters. The summed E-state index contributed by atoms with van der Waals surface area (Å²) < 4.78 is 0. The van der Waals surface area contributed by atoms with Crippen LogP contribution in [0.1, 0.15) is 25.0 Å². The van der Waals surface area contributed by atoms with E-state index in [1.165, 1.54) is 0 Å². The van der Waals surface area contributed by atoms with E-state index >= 15 is 0 Å². The fraction of sp³-hybridized carbons (Fsp3) is 0.714. The van der Waals surface area contributed by atoms with Gasteiger partial charge in [-0.05, 0) is 39.3 Å². The minimum atomic E-state index is 0.278. The Morgan fingerprint density at radius 1 is 1.42 bits per heavy atom. The average molecular weight is 264 g/mol. The molecule has 106 valence electrons. The SMILES string of the molecule is Cc1ccnc(N2CCC(N(C)CCCO)CC2)n1. The molecule has 1 fully saturated rings. The molecule has 0 bridgehead atoms. The van der Waals surface area contributed by atoms with Gasteiger partial charge in [0.2, 0.25) is 5.95 Å². The van der Waals surface area contributed by atoms with Gasteiger partial charge in [0.15, 0.2) is 0 Å². The van der Waals surface area contributed by atoms with Crippen LogP contribution in [0.25, 0.3) is 0 Å². The van der Waals surface area contributed by atoms with Gasteiger partial charge < -0.3 is 14.9 Å². The molecule has 1 aliphatic rings. The van der Waals surface area contributed by atoms with Crippen LogP contribution in [-0.4, -0.2) is 59.3 Å². The number of aromatic nitrogens is 2. The van der Waals surface area contributed by atoms with Gasteiger partial charge in [0, 0.05) is 44.2 Å². The van der Waals surface area contributed by atoms with Gasteiger partial charge in [0.05, 0.1) is 0 Å². The highest BCUT2D eigenvalue weighted by Gasteiger charge is 2.23. The predicted molar refractivity (Wildman–Crippen MR) is 76.3 cm³/mol. The fourth-order valence-electron chi connectivity index (χ4n) is 2.60. The van der Waals surface area contributed by atoms with E-state index < -0.39 is 0 Å². The van der Waals surface area contributed by atoms with Gasteiger partial charge in [-0.1, -0.05) is 0 Å². The van der Waals surface area contributed by atoms with Crippen molar-refractivity contribution in [2.75, 3.05) is 38.2 Å². The number of piperidine rings is 1. The van der Waals surface area contributed by atoms with Crippen LogP contribution in [0.15, 0.2) is 12.3 Å². The van der Waals surface area contributed by atoms with Crippen molar-refractivity contribution in [3.63, 3.8) is 0 Å². The summed E-state index contributed by atoms with van der Waals surface area (Å²) in [5, 5.41) is 8.88. The second kappa shape index (κ2) is 6.82. The molecule has 0 aliphatic carbocycles. The second-order valence-electron chi connectivity index (χ2n) is 5.27. The quantitative estimate of drug-likeness (QED) is 0.862. The minimum Gasteiger partial charge on any atom is -0.396 e. The number of nitrogens with zero attached hydrogens (tertiary/aromatic N) is 4. The zero-order valence-corrected chi connectivity index (χ0v) is 11.9. The number of rotatable bonds is 5. The van der Waals surface area contributed by atoms with Gasteiger partial charge >= 0.3 is 0 Å². The number of aryl methyl sites for hydroxylation is 1. The Kier molecular flexibility index (Phi) is 5.10. The van der Waals surface area contributed by atoms with E-state index in [4.69, 9.17) is 5.11 Å². The van der Waals surface area contributed by atoms with Crippen LogP contribution >= 0.6 is 0 Å². The molecule has 2 heterocycles. The topological polar surface area (TPSA) is 52.5 Å². The maximum atomic E-state index is 8.88. The highest BCUT2D eigenvalue weighted by Crippen LogP contribution is 2.19. The number of anilines is 1. The van der Waals surface area contributed by atoms with Crippen molar-refractivity contribution < 1.29 is 5.11 Å².